The smallest absolute Gasteiger partial charge is 0.140 e. The molecule has 0 fully saturated rings. The Kier molecular flexibility index (Phi) is 2.58. The van der Waals surface area contributed by atoms with Gasteiger partial charge in [-0.3, -0.25) is 5.41 Å². The van der Waals surface area contributed by atoms with Crippen molar-refractivity contribution in [3.8, 4) is 0 Å². The van der Waals surface area contributed by atoms with Gasteiger partial charge in [-0.25, -0.2) is 5.84 Å². The molecule has 0 unspecified atom stereocenters. The van der Waals surface area contributed by atoms with Gasteiger partial charge in [-0.1, -0.05) is 60.7 Å². The fraction of sp³-hybridized carbons (Fsp3) is 0. The highest BCUT2D eigenvalue weighted by molar-refractivity contribution is 6.35. The molecule has 5 aromatic rings. The van der Waals surface area contributed by atoms with Crippen molar-refractivity contribution in [1.82, 2.24) is 5.43 Å². The summed E-state index contributed by atoms with van der Waals surface area (Å²) in [4.78, 5) is 0. The lowest BCUT2D eigenvalue weighted by atomic mass is 9.87. The van der Waals surface area contributed by atoms with E-state index < -0.39 is 0 Å². The second kappa shape index (κ2) is 4.66. The number of hydrazine groups is 1. The highest BCUT2D eigenvalue weighted by atomic mass is 15.2. The molecule has 0 saturated heterocycles. The van der Waals surface area contributed by atoms with Crippen molar-refractivity contribution in [2.24, 2.45) is 5.84 Å². The Hall–Kier alpha value is -3.17. The van der Waals surface area contributed by atoms with Gasteiger partial charge in [0.25, 0.3) is 0 Å². The van der Waals surface area contributed by atoms with E-state index in [-0.39, 0.29) is 5.84 Å². The van der Waals surface area contributed by atoms with E-state index in [1.807, 2.05) is 6.07 Å². The van der Waals surface area contributed by atoms with Gasteiger partial charge in [-0.05, 0) is 43.8 Å². The number of amidine groups is 1. The Bertz CT molecular complexity index is 1250. The van der Waals surface area contributed by atoms with E-state index in [9.17, 15) is 0 Å². The third-order valence-electron chi connectivity index (χ3n) is 4.92. The first-order valence-electron chi connectivity index (χ1n) is 7.93. The zero-order valence-electron chi connectivity index (χ0n) is 12.9. The van der Waals surface area contributed by atoms with Gasteiger partial charge in [-0.2, -0.15) is 0 Å². The van der Waals surface area contributed by atoms with E-state index in [4.69, 9.17) is 11.3 Å². The normalized spacial score (nSPS) is 11.7. The van der Waals surface area contributed by atoms with Crippen molar-refractivity contribution in [2.45, 2.75) is 0 Å². The van der Waals surface area contributed by atoms with Crippen LogP contribution in [0.1, 0.15) is 5.56 Å². The minimum atomic E-state index is 0.234. The molecule has 0 radical (unpaired) electrons. The van der Waals surface area contributed by atoms with Gasteiger partial charge in [-0.15, -0.1) is 0 Å². The van der Waals surface area contributed by atoms with Crippen molar-refractivity contribution in [2.75, 3.05) is 0 Å². The molecule has 0 aliphatic carbocycles. The van der Waals surface area contributed by atoms with Gasteiger partial charge >= 0.3 is 0 Å². The molecule has 4 N–H and O–H groups in total. The van der Waals surface area contributed by atoms with E-state index >= 15 is 0 Å². The summed E-state index contributed by atoms with van der Waals surface area (Å²) in [6, 6.07) is 23.2. The summed E-state index contributed by atoms with van der Waals surface area (Å²) in [7, 11) is 0. The molecule has 3 nitrogen and oxygen atoms in total. The molecule has 0 aliphatic heterocycles. The maximum Gasteiger partial charge on any atom is 0.140 e. The molecule has 5 rings (SSSR count). The number of hydrogen-bond acceptors (Lipinski definition) is 2. The predicted octanol–water partition coefficient (Wildman–Crippen LogP) is 4.53. The second-order valence-corrected chi connectivity index (χ2v) is 6.12. The maximum absolute atomic E-state index is 8.23. The highest BCUT2D eigenvalue weighted by Crippen LogP contribution is 2.41. The number of fused-ring (bicyclic) bond motifs is 2. The van der Waals surface area contributed by atoms with Gasteiger partial charge in [0.15, 0.2) is 0 Å². The molecule has 0 heterocycles. The highest BCUT2D eigenvalue weighted by Gasteiger charge is 2.16. The summed E-state index contributed by atoms with van der Waals surface area (Å²) in [6.45, 7) is 0. The van der Waals surface area contributed by atoms with Crippen molar-refractivity contribution >= 4 is 48.9 Å². The molecule has 24 heavy (non-hydrogen) atoms. The van der Waals surface area contributed by atoms with Crippen LogP contribution in [0.2, 0.25) is 0 Å². The molecule has 0 aromatic heterocycles. The lowest BCUT2D eigenvalue weighted by Crippen LogP contribution is -2.30. The first kappa shape index (κ1) is 13.3. The van der Waals surface area contributed by atoms with Crippen molar-refractivity contribution in [3.63, 3.8) is 0 Å². The van der Waals surface area contributed by atoms with E-state index in [2.05, 4.69) is 66.1 Å². The quantitative estimate of drug-likeness (QED) is 0.106. The van der Waals surface area contributed by atoms with Crippen LogP contribution >= 0.6 is 0 Å². The van der Waals surface area contributed by atoms with Crippen LogP contribution in [0.4, 0.5) is 0 Å². The molecule has 0 aliphatic rings. The molecule has 0 atom stereocenters. The standard InChI is InChI=1S/C21H15N3/c22-21(24-23)17-11-10-13-6-2-8-15-14-7-1-4-12-5-3-9-16(18(12)14)20(17)19(13)15/h1-11H,23H2,(H2,22,24). The Balaban J connectivity index is 2.21. The maximum atomic E-state index is 8.23. The number of rotatable bonds is 1. The van der Waals surface area contributed by atoms with Gasteiger partial charge in [0.05, 0.1) is 0 Å². The van der Waals surface area contributed by atoms with Gasteiger partial charge in [0.1, 0.15) is 5.84 Å². The van der Waals surface area contributed by atoms with E-state index in [1.165, 1.54) is 37.7 Å². The summed E-state index contributed by atoms with van der Waals surface area (Å²) in [6.07, 6.45) is 0. The number of hydrogen-bond donors (Lipinski definition) is 3. The number of nitrogens with one attached hydrogen (secondary N) is 2. The fourth-order valence-corrected chi connectivity index (χ4v) is 3.94. The van der Waals surface area contributed by atoms with E-state index in [0.717, 1.165) is 10.9 Å². The molecular formula is C21H15N3. The third kappa shape index (κ3) is 1.57. The summed E-state index contributed by atoms with van der Waals surface area (Å²) >= 11 is 0. The van der Waals surface area contributed by atoms with Crippen LogP contribution in [0.3, 0.4) is 0 Å². The first-order valence-corrected chi connectivity index (χ1v) is 7.93. The van der Waals surface area contributed by atoms with Gasteiger partial charge in [0, 0.05) is 10.9 Å². The molecule has 0 spiro atoms. The summed E-state index contributed by atoms with van der Waals surface area (Å²) < 4.78 is 0. The first-order chi connectivity index (χ1) is 11.8. The lowest BCUT2D eigenvalue weighted by Gasteiger charge is -2.17. The van der Waals surface area contributed by atoms with Crippen molar-refractivity contribution in [3.05, 3.63) is 72.3 Å². The van der Waals surface area contributed by atoms with E-state index in [0.29, 0.717) is 0 Å². The fourth-order valence-electron chi connectivity index (χ4n) is 3.94. The molecule has 0 bridgehead atoms. The van der Waals surface area contributed by atoms with Crippen LogP contribution in [0, 0.1) is 5.41 Å². The Morgan fingerprint density at radius 1 is 0.667 bits per heavy atom. The Labute approximate surface area is 138 Å². The monoisotopic (exact) mass is 309 g/mol. The number of nitrogens with two attached hydrogens (primary N) is 1. The van der Waals surface area contributed by atoms with E-state index in [1.54, 1.807) is 0 Å². The van der Waals surface area contributed by atoms with Gasteiger partial charge < -0.3 is 5.43 Å². The van der Waals surface area contributed by atoms with Crippen molar-refractivity contribution in [1.29, 1.82) is 5.41 Å². The summed E-state index contributed by atoms with van der Waals surface area (Å²) in [5.74, 6) is 5.78. The number of benzene rings is 5. The second-order valence-electron chi connectivity index (χ2n) is 6.12. The van der Waals surface area contributed by atoms with Crippen LogP contribution in [0.25, 0.3) is 43.1 Å². The minimum absolute atomic E-state index is 0.234. The van der Waals surface area contributed by atoms with Crippen LogP contribution in [-0.4, -0.2) is 5.84 Å². The summed E-state index contributed by atoms with van der Waals surface area (Å²) in [5.41, 5.74) is 3.34. The topological polar surface area (TPSA) is 61.9 Å². The molecule has 5 aromatic carbocycles. The Morgan fingerprint density at radius 3 is 1.92 bits per heavy atom. The molecule has 0 amide bonds. The lowest BCUT2D eigenvalue weighted by molar-refractivity contribution is 1.01. The molecular weight excluding hydrogens is 294 g/mol. The van der Waals surface area contributed by atoms with Crippen LogP contribution in [0.15, 0.2) is 66.7 Å². The summed E-state index contributed by atoms with van der Waals surface area (Å²) in [5, 5.41) is 17.8. The molecule has 0 saturated carbocycles. The van der Waals surface area contributed by atoms with Crippen LogP contribution in [-0.2, 0) is 0 Å². The van der Waals surface area contributed by atoms with Gasteiger partial charge in [0.2, 0.25) is 0 Å². The zero-order valence-corrected chi connectivity index (χ0v) is 12.9. The largest absolute Gasteiger partial charge is 0.308 e. The average Bonchev–Trinajstić information content (AvgIpc) is 2.64. The average molecular weight is 309 g/mol. The van der Waals surface area contributed by atoms with Crippen LogP contribution in [0.5, 0.6) is 0 Å². The molecule has 3 heteroatoms. The Morgan fingerprint density at radius 2 is 1.25 bits per heavy atom. The third-order valence-corrected chi connectivity index (χ3v) is 4.92. The minimum Gasteiger partial charge on any atom is -0.308 e. The zero-order chi connectivity index (χ0) is 16.3. The van der Waals surface area contributed by atoms with Crippen molar-refractivity contribution < 1.29 is 0 Å². The predicted molar refractivity (Wildman–Crippen MR) is 102 cm³/mol. The van der Waals surface area contributed by atoms with Crippen LogP contribution < -0.4 is 11.3 Å². The molecule has 114 valence electrons. The SMILES string of the molecule is N=C(NN)c1ccc2cccc3c4cccc5cccc(c1c23)c54.